The summed E-state index contributed by atoms with van der Waals surface area (Å²) in [7, 11) is 1.54. The van der Waals surface area contributed by atoms with Gasteiger partial charge in [-0.3, -0.25) is 0 Å². The number of carbonyl (C=O) groups is 1. The van der Waals surface area contributed by atoms with Crippen LogP contribution in [0.5, 0.6) is 5.75 Å². The number of methoxy groups -OCH3 is 1. The Hall–Kier alpha value is -2.57. The minimum atomic E-state index is -2.96. The van der Waals surface area contributed by atoms with Gasteiger partial charge in [0.2, 0.25) is 0 Å². The summed E-state index contributed by atoms with van der Waals surface area (Å²) in [4.78, 5) is 18.3. The van der Waals surface area contributed by atoms with Crippen molar-refractivity contribution in [2.75, 3.05) is 7.11 Å². The Kier molecular flexibility index (Phi) is 4.42. The van der Waals surface area contributed by atoms with Crippen LogP contribution in [0.25, 0.3) is 0 Å². The van der Waals surface area contributed by atoms with Gasteiger partial charge in [-0.1, -0.05) is 12.1 Å². The van der Waals surface area contributed by atoms with E-state index in [1.165, 1.54) is 7.11 Å². The predicted molar refractivity (Wildman–Crippen MR) is 69.7 cm³/mol. The van der Waals surface area contributed by atoms with E-state index in [-0.39, 0.29) is 12.2 Å². The van der Waals surface area contributed by atoms with Crippen molar-refractivity contribution in [3.05, 3.63) is 53.1 Å². The Morgan fingerprint density at radius 3 is 2.52 bits per heavy atom. The minimum Gasteiger partial charge on any atom is -0.497 e. The van der Waals surface area contributed by atoms with Crippen molar-refractivity contribution >= 4 is 5.97 Å². The number of ether oxygens (including phenoxy) is 1. The van der Waals surface area contributed by atoms with E-state index < -0.39 is 23.7 Å². The van der Waals surface area contributed by atoms with Gasteiger partial charge in [0, 0.05) is 12.6 Å². The third-order valence-electron chi connectivity index (χ3n) is 2.83. The van der Waals surface area contributed by atoms with Crippen molar-refractivity contribution in [3.63, 3.8) is 0 Å². The van der Waals surface area contributed by atoms with Crippen molar-refractivity contribution < 1.29 is 23.4 Å². The molecule has 2 aromatic rings. The second kappa shape index (κ2) is 6.25. The standard InChI is InChI=1S/C14H12F2N2O3/c1-21-9-4-2-8(3-5-9)6-11-17-7-10(14(19)20)12(18-11)13(15)16/h2-5,7,13H,6H2,1H3,(H,19,20). The summed E-state index contributed by atoms with van der Waals surface area (Å²) in [6.45, 7) is 0. The van der Waals surface area contributed by atoms with Crippen molar-refractivity contribution in [2.24, 2.45) is 0 Å². The van der Waals surface area contributed by atoms with E-state index in [2.05, 4.69) is 9.97 Å². The van der Waals surface area contributed by atoms with Crippen LogP contribution >= 0.6 is 0 Å². The van der Waals surface area contributed by atoms with Gasteiger partial charge >= 0.3 is 5.97 Å². The number of hydrogen-bond acceptors (Lipinski definition) is 4. The number of aromatic nitrogens is 2. The van der Waals surface area contributed by atoms with Crippen LogP contribution in [0.15, 0.2) is 30.5 Å². The van der Waals surface area contributed by atoms with Crippen molar-refractivity contribution in [3.8, 4) is 5.75 Å². The Balaban J connectivity index is 2.27. The lowest BCUT2D eigenvalue weighted by molar-refractivity contribution is 0.0681. The number of halogens is 2. The van der Waals surface area contributed by atoms with E-state index in [1.54, 1.807) is 24.3 Å². The maximum atomic E-state index is 12.8. The summed E-state index contributed by atoms with van der Waals surface area (Å²) in [5, 5.41) is 8.83. The normalized spacial score (nSPS) is 10.7. The molecule has 1 aromatic carbocycles. The lowest BCUT2D eigenvalue weighted by atomic mass is 10.1. The van der Waals surface area contributed by atoms with Gasteiger partial charge in [-0.2, -0.15) is 0 Å². The highest BCUT2D eigenvalue weighted by Gasteiger charge is 2.21. The van der Waals surface area contributed by atoms with Crippen LogP contribution in [0, 0.1) is 0 Å². The molecule has 7 heteroatoms. The highest BCUT2D eigenvalue weighted by molar-refractivity contribution is 5.88. The number of benzene rings is 1. The molecule has 0 radical (unpaired) electrons. The molecule has 0 aliphatic rings. The zero-order valence-corrected chi connectivity index (χ0v) is 11.1. The highest BCUT2D eigenvalue weighted by atomic mass is 19.3. The molecular weight excluding hydrogens is 282 g/mol. The first-order valence-corrected chi connectivity index (χ1v) is 6.01. The molecule has 0 amide bonds. The first-order valence-electron chi connectivity index (χ1n) is 6.01. The Labute approximate surface area is 119 Å². The Morgan fingerprint density at radius 2 is 2.00 bits per heavy atom. The fourth-order valence-electron chi connectivity index (χ4n) is 1.78. The highest BCUT2D eigenvalue weighted by Crippen LogP contribution is 2.21. The van der Waals surface area contributed by atoms with E-state index in [1.807, 2.05) is 0 Å². The molecule has 1 heterocycles. The smallest absolute Gasteiger partial charge is 0.339 e. The molecule has 0 unspecified atom stereocenters. The molecule has 1 N–H and O–H groups in total. The molecule has 110 valence electrons. The average molecular weight is 294 g/mol. The molecule has 21 heavy (non-hydrogen) atoms. The Morgan fingerprint density at radius 1 is 1.33 bits per heavy atom. The van der Waals surface area contributed by atoms with Gasteiger partial charge in [-0.05, 0) is 17.7 Å². The van der Waals surface area contributed by atoms with Crippen LogP contribution in [0.4, 0.5) is 8.78 Å². The first kappa shape index (κ1) is 14.8. The summed E-state index contributed by atoms with van der Waals surface area (Å²) in [6, 6.07) is 6.98. The molecule has 0 aliphatic carbocycles. The maximum Gasteiger partial charge on any atom is 0.339 e. The van der Waals surface area contributed by atoms with Gasteiger partial charge in [0.25, 0.3) is 6.43 Å². The lowest BCUT2D eigenvalue weighted by Crippen LogP contribution is -2.09. The Bertz CT molecular complexity index is 645. The molecule has 0 aliphatic heterocycles. The van der Waals surface area contributed by atoms with Crippen LogP contribution < -0.4 is 4.74 Å². The summed E-state index contributed by atoms with van der Waals surface area (Å²) in [5.74, 6) is -0.657. The van der Waals surface area contributed by atoms with Gasteiger partial charge in [0.15, 0.2) is 0 Å². The summed E-state index contributed by atoms with van der Waals surface area (Å²) in [5.41, 5.74) is -0.538. The molecule has 2 rings (SSSR count). The van der Waals surface area contributed by atoms with Gasteiger partial charge in [-0.25, -0.2) is 23.5 Å². The topological polar surface area (TPSA) is 72.3 Å². The number of rotatable bonds is 5. The molecular formula is C14H12F2N2O3. The maximum absolute atomic E-state index is 12.8. The monoisotopic (exact) mass is 294 g/mol. The quantitative estimate of drug-likeness (QED) is 0.918. The van der Waals surface area contributed by atoms with Crippen LogP contribution in [0.3, 0.4) is 0 Å². The zero-order valence-electron chi connectivity index (χ0n) is 11.1. The second-order valence-electron chi connectivity index (χ2n) is 4.22. The van der Waals surface area contributed by atoms with Crippen LogP contribution in [-0.2, 0) is 6.42 Å². The summed E-state index contributed by atoms with van der Waals surface area (Å²) >= 11 is 0. The van der Waals surface area contributed by atoms with Crippen molar-refractivity contribution in [1.29, 1.82) is 0 Å². The number of hydrogen-bond donors (Lipinski definition) is 1. The van der Waals surface area contributed by atoms with E-state index in [4.69, 9.17) is 9.84 Å². The lowest BCUT2D eigenvalue weighted by Gasteiger charge is -2.07. The number of nitrogens with zero attached hydrogens (tertiary/aromatic N) is 2. The van der Waals surface area contributed by atoms with Crippen molar-refractivity contribution in [1.82, 2.24) is 9.97 Å². The molecule has 0 fully saturated rings. The van der Waals surface area contributed by atoms with Crippen LogP contribution in [-0.4, -0.2) is 28.2 Å². The number of carboxylic acid groups (broad SMARTS) is 1. The SMILES string of the molecule is COc1ccc(Cc2ncc(C(=O)O)c(C(F)F)n2)cc1. The average Bonchev–Trinajstić information content (AvgIpc) is 2.47. The van der Waals surface area contributed by atoms with E-state index in [0.29, 0.717) is 5.75 Å². The van der Waals surface area contributed by atoms with Crippen LogP contribution in [0.1, 0.15) is 33.9 Å². The van der Waals surface area contributed by atoms with Crippen LogP contribution in [0.2, 0.25) is 0 Å². The fraction of sp³-hybridized carbons (Fsp3) is 0.214. The van der Waals surface area contributed by atoms with Gasteiger partial charge in [0.1, 0.15) is 22.8 Å². The summed E-state index contributed by atoms with van der Waals surface area (Å²) < 4.78 is 30.7. The molecule has 1 aromatic heterocycles. The van der Waals surface area contributed by atoms with Gasteiger partial charge < -0.3 is 9.84 Å². The van der Waals surface area contributed by atoms with E-state index in [9.17, 15) is 13.6 Å². The fourth-order valence-corrected chi connectivity index (χ4v) is 1.78. The molecule has 0 atom stereocenters. The second-order valence-corrected chi connectivity index (χ2v) is 4.22. The zero-order chi connectivity index (χ0) is 15.4. The molecule has 0 saturated heterocycles. The molecule has 0 saturated carbocycles. The molecule has 0 spiro atoms. The third-order valence-corrected chi connectivity index (χ3v) is 2.83. The number of alkyl halides is 2. The molecule has 0 bridgehead atoms. The van der Waals surface area contributed by atoms with E-state index >= 15 is 0 Å². The minimum absolute atomic E-state index is 0.139. The third kappa shape index (κ3) is 3.50. The van der Waals surface area contributed by atoms with Gasteiger partial charge in [-0.15, -0.1) is 0 Å². The predicted octanol–water partition coefficient (Wildman–Crippen LogP) is 2.71. The molecule has 5 nitrogen and oxygen atoms in total. The largest absolute Gasteiger partial charge is 0.497 e. The van der Waals surface area contributed by atoms with Crippen molar-refractivity contribution in [2.45, 2.75) is 12.8 Å². The van der Waals surface area contributed by atoms with E-state index in [0.717, 1.165) is 11.8 Å². The first-order chi connectivity index (χ1) is 10.0. The number of carboxylic acids is 1. The van der Waals surface area contributed by atoms with Gasteiger partial charge in [0.05, 0.1) is 7.11 Å². The summed E-state index contributed by atoms with van der Waals surface area (Å²) in [6.07, 6.45) is -1.83. The number of aromatic carboxylic acids is 1.